The predicted molar refractivity (Wildman–Crippen MR) is 67.0 cm³/mol. The first-order chi connectivity index (χ1) is 8.42. The molecule has 0 aromatic heterocycles. The van der Waals surface area contributed by atoms with E-state index in [4.69, 9.17) is 4.74 Å². The highest BCUT2D eigenvalue weighted by Gasteiger charge is 2.28. The molecule has 1 aromatic rings. The Hall–Kier alpha value is -1.14. The molecule has 4 nitrogen and oxygen atoms in total. The second-order valence-corrected chi connectivity index (χ2v) is 6.85. The van der Waals surface area contributed by atoms with Crippen LogP contribution in [0.3, 0.4) is 0 Å². The van der Waals surface area contributed by atoms with Crippen LogP contribution in [0.1, 0.15) is 0 Å². The van der Waals surface area contributed by atoms with E-state index >= 15 is 0 Å². The molecule has 0 saturated carbocycles. The fraction of sp³-hybridized carbons (Fsp3) is 0.500. The summed E-state index contributed by atoms with van der Waals surface area (Å²) >= 11 is 0. The SMILES string of the molecule is CS(=O)(=O)CCN1CC(Oc2cccc(F)c2)C1. The second-order valence-electron chi connectivity index (χ2n) is 4.59. The Bertz CT molecular complexity index is 512. The van der Waals surface area contributed by atoms with Crippen LogP contribution in [-0.2, 0) is 9.84 Å². The van der Waals surface area contributed by atoms with Crippen LogP contribution in [0.2, 0.25) is 0 Å². The number of hydrogen-bond acceptors (Lipinski definition) is 4. The smallest absolute Gasteiger partial charge is 0.148 e. The molecule has 1 saturated heterocycles. The summed E-state index contributed by atoms with van der Waals surface area (Å²) in [5.41, 5.74) is 0. The van der Waals surface area contributed by atoms with Gasteiger partial charge in [-0.25, -0.2) is 12.8 Å². The van der Waals surface area contributed by atoms with E-state index in [1.165, 1.54) is 18.4 Å². The molecule has 6 heteroatoms. The molecule has 0 bridgehead atoms. The van der Waals surface area contributed by atoms with Gasteiger partial charge in [-0.1, -0.05) is 6.07 Å². The third kappa shape index (κ3) is 3.96. The normalized spacial score (nSPS) is 17.4. The van der Waals surface area contributed by atoms with Crippen LogP contribution in [0.25, 0.3) is 0 Å². The third-order valence-electron chi connectivity index (χ3n) is 2.80. The Morgan fingerprint density at radius 3 is 2.78 bits per heavy atom. The van der Waals surface area contributed by atoms with Crippen molar-refractivity contribution in [2.24, 2.45) is 0 Å². The van der Waals surface area contributed by atoms with Crippen molar-refractivity contribution in [3.05, 3.63) is 30.1 Å². The van der Waals surface area contributed by atoms with Gasteiger partial charge in [-0.05, 0) is 12.1 Å². The highest BCUT2D eigenvalue weighted by atomic mass is 32.2. The van der Waals surface area contributed by atoms with Gasteiger partial charge in [0, 0.05) is 32.0 Å². The molecule has 1 aliphatic heterocycles. The number of hydrogen-bond donors (Lipinski definition) is 0. The summed E-state index contributed by atoms with van der Waals surface area (Å²) in [6, 6.07) is 6.03. The topological polar surface area (TPSA) is 46.6 Å². The number of halogens is 1. The van der Waals surface area contributed by atoms with Gasteiger partial charge >= 0.3 is 0 Å². The highest BCUT2D eigenvalue weighted by Crippen LogP contribution is 2.18. The van der Waals surface area contributed by atoms with Gasteiger partial charge in [0.15, 0.2) is 0 Å². The Morgan fingerprint density at radius 2 is 2.17 bits per heavy atom. The molecule has 18 heavy (non-hydrogen) atoms. The Balaban J connectivity index is 1.73. The van der Waals surface area contributed by atoms with Crippen molar-refractivity contribution in [1.82, 2.24) is 4.90 Å². The van der Waals surface area contributed by atoms with Crippen molar-refractivity contribution >= 4 is 9.84 Å². The number of benzene rings is 1. The van der Waals surface area contributed by atoms with E-state index < -0.39 is 9.84 Å². The van der Waals surface area contributed by atoms with Gasteiger partial charge in [0.05, 0.1) is 5.75 Å². The average molecular weight is 273 g/mol. The van der Waals surface area contributed by atoms with Crippen molar-refractivity contribution < 1.29 is 17.5 Å². The van der Waals surface area contributed by atoms with Crippen LogP contribution < -0.4 is 4.74 Å². The standard InChI is InChI=1S/C12H16FNO3S/c1-18(15,16)6-5-14-8-12(9-14)17-11-4-2-3-10(13)7-11/h2-4,7,12H,5-6,8-9H2,1H3. The van der Waals surface area contributed by atoms with Gasteiger partial charge < -0.3 is 4.74 Å². The van der Waals surface area contributed by atoms with Crippen LogP contribution in [0, 0.1) is 5.82 Å². The van der Waals surface area contributed by atoms with E-state index in [9.17, 15) is 12.8 Å². The molecular weight excluding hydrogens is 257 g/mol. The summed E-state index contributed by atoms with van der Waals surface area (Å²) in [6.45, 7) is 1.90. The maximum atomic E-state index is 12.9. The minimum atomic E-state index is -2.91. The maximum Gasteiger partial charge on any atom is 0.148 e. The monoisotopic (exact) mass is 273 g/mol. The summed E-state index contributed by atoms with van der Waals surface area (Å²) in [4.78, 5) is 2.00. The van der Waals surface area contributed by atoms with Crippen molar-refractivity contribution in [1.29, 1.82) is 0 Å². The highest BCUT2D eigenvalue weighted by molar-refractivity contribution is 7.90. The molecule has 1 aromatic carbocycles. The summed E-state index contributed by atoms with van der Waals surface area (Å²) < 4.78 is 40.4. The van der Waals surface area contributed by atoms with Crippen LogP contribution in [0.15, 0.2) is 24.3 Å². The molecule has 0 radical (unpaired) electrons. The second kappa shape index (κ2) is 5.24. The van der Waals surface area contributed by atoms with Crippen LogP contribution in [0.5, 0.6) is 5.75 Å². The molecule has 0 spiro atoms. The number of nitrogens with zero attached hydrogens (tertiary/aromatic N) is 1. The quantitative estimate of drug-likeness (QED) is 0.801. The molecule has 0 amide bonds. The molecule has 100 valence electrons. The van der Waals surface area contributed by atoms with Gasteiger partial charge in [0.25, 0.3) is 0 Å². The molecule has 0 unspecified atom stereocenters. The molecule has 2 rings (SSSR count). The first-order valence-electron chi connectivity index (χ1n) is 5.75. The first kappa shape index (κ1) is 13.3. The van der Waals surface area contributed by atoms with Gasteiger partial charge in [0.2, 0.25) is 0 Å². The predicted octanol–water partition coefficient (Wildman–Crippen LogP) is 0.933. The zero-order valence-corrected chi connectivity index (χ0v) is 11.0. The third-order valence-corrected chi connectivity index (χ3v) is 3.72. The molecule has 1 aliphatic rings. The minimum absolute atomic E-state index is 0.0198. The van der Waals surface area contributed by atoms with Crippen LogP contribution >= 0.6 is 0 Å². The Morgan fingerprint density at radius 1 is 1.44 bits per heavy atom. The van der Waals surface area contributed by atoms with Crippen LogP contribution in [0.4, 0.5) is 4.39 Å². The fourth-order valence-electron chi connectivity index (χ4n) is 1.81. The maximum absolute atomic E-state index is 12.9. The van der Waals surface area contributed by atoms with Crippen molar-refractivity contribution in [2.45, 2.75) is 6.10 Å². The Labute approximate surface area is 106 Å². The summed E-state index contributed by atoms with van der Waals surface area (Å²) in [6.07, 6.45) is 1.25. The van der Waals surface area contributed by atoms with Crippen LogP contribution in [-0.4, -0.2) is 51.1 Å². The van der Waals surface area contributed by atoms with E-state index in [1.807, 2.05) is 4.90 Å². The van der Waals surface area contributed by atoms with E-state index in [0.29, 0.717) is 25.4 Å². The van der Waals surface area contributed by atoms with Gasteiger partial charge in [-0.15, -0.1) is 0 Å². The summed E-state index contributed by atoms with van der Waals surface area (Å²) in [7, 11) is -2.91. The zero-order chi connectivity index (χ0) is 13.2. The number of ether oxygens (including phenoxy) is 1. The van der Waals surface area contributed by atoms with E-state index in [-0.39, 0.29) is 17.7 Å². The van der Waals surface area contributed by atoms with Crippen molar-refractivity contribution in [2.75, 3.05) is 31.6 Å². The average Bonchev–Trinajstić information content (AvgIpc) is 2.20. The van der Waals surface area contributed by atoms with E-state index in [1.54, 1.807) is 12.1 Å². The van der Waals surface area contributed by atoms with E-state index in [2.05, 4.69) is 0 Å². The van der Waals surface area contributed by atoms with E-state index in [0.717, 1.165) is 0 Å². The number of likely N-dealkylation sites (tertiary alicyclic amines) is 1. The van der Waals surface area contributed by atoms with Crippen molar-refractivity contribution in [3.63, 3.8) is 0 Å². The molecule has 0 aliphatic carbocycles. The van der Waals surface area contributed by atoms with Crippen molar-refractivity contribution in [3.8, 4) is 5.75 Å². The fourth-order valence-corrected chi connectivity index (χ4v) is 2.40. The largest absolute Gasteiger partial charge is 0.488 e. The van der Waals surface area contributed by atoms with Gasteiger partial charge in [-0.3, -0.25) is 4.90 Å². The first-order valence-corrected chi connectivity index (χ1v) is 7.81. The summed E-state index contributed by atoms with van der Waals surface area (Å²) in [5, 5.41) is 0. The number of rotatable bonds is 5. The molecule has 1 fully saturated rings. The Kier molecular flexibility index (Phi) is 3.87. The lowest BCUT2D eigenvalue weighted by atomic mass is 10.1. The lowest BCUT2D eigenvalue weighted by Gasteiger charge is -2.38. The van der Waals surface area contributed by atoms with Gasteiger partial charge in [0.1, 0.15) is 27.5 Å². The summed E-state index contributed by atoms with van der Waals surface area (Å²) in [5.74, 6) is 0.364. The lowest BCUT2D eigenvalue weighted by Crippen LogP contribution is -2.54. The van der Waals surface area contributed by atoms with Gasteiger partial charge in [-0.2, -0.15) is 0 Å². The minimum Gasteiger partial charge on any atom is -0.488 e. The molecule has 0 N–H and O–H groups in total. The zero-order valence-electron chi connectivity index (χ0n) is 10.2. The molecular formula is C12H16FNO3S. The molecule has 0 atom stereocenters. The number of sulfone groups is 1. The lowest BCUT2D eigenvalue weighted by molar-refractivity contribution is 0.0242. The molecule has 1 heterocycles.